The summed E-state index contributed by atoms with van der Waals surface area (Å²) < 4.78 is 18.0. The lowest BCUT2D eigenvalue weighted by atomic mass is 10.1. The Morgan fingerprint density at radius 2 is 1.85 bits per heavy atom. The highest BCUT2D eigenvalue weighted by Crippen LogP contribution is 2.28. The molecule has 1 aliphatic heterocycles. The number of urea groups is 1. The van der Waals surface area contributed by atoms with Crippen LogP contribution in [-0.4, -0.2) is 35.0 Å². The van der Waals surface area contributed by atoms with Crippen LogP contribution in [0.3, 0.4) is 0 Å². The van der Waals surface area contributed by atoms with Crippen LogP contribution in [0.4, 0.5) is 9.18 Å². The largest absolute Gasteiger partial charge is 0.504 e. The first-order valence-corrected chi connectivity index (χ1v) is 7.89. The van der Waals surface area contributed by atoms with Crippen LogP contribution < -0.4 is 10.1 Å². The normalized spacial score (nSPS) is 15.9. The van der Waals surface area contributed by atoms with Crippen molar-refractivity contribution in [3.8, 4) is 11.5 Å². The molecular weight excluding hydrogens is 355 g/mol. The SMILES string of the molecule is COc1cc(/C=C2/C(=O)NC(=O)N(Cc3ccc(F)cc3)C2=O)ccc1O. The fourth-order valence-electron chi connectivity index (χ4n) is 2.56. The highest BCUT2D eigenvalue weighted by Gasteiger charge is 2.35. The zero-order chi connectivity index (χ0) is 19.6. The lowest BCUT2D eigenvalue weighted by molar-refractivity contribution is -0.130. The summed E-state index contributed by atoms with van der Waals surface area (Å²) in [6.07, 6.45) is 1.30. The first-order valence-electron chi connectivity index (χ1n) is 7.89. The Hall–Kier alpha value is -3.68. The minimum Gasteiger partial charge on any atom is -0.504 e. The van der Waals surface area contributed by atoms with E-state index in [1.165, 1.54) is 55.7 Å². The third kappa shape index (κ3) is 3.79. The van der Waals surface area contributed by atoms with Crippen LogP contribution in [-0.2, 0) is 16.1 Å². The third-order valence-corrected chi connectivity index (χ3v) is 3.95. The van der Waals surface area contributed by atoms with E-state index < -0.39 is 23.7 Å². The summed E-state index contributed by atoms with van der Waals surface area (Å²) >= 11 is 0. The molecule has 2 aromatic rings. The number of barbiturate groups is 1. The third-order valence-electron chi connectivity index (χ3n) is 3.95. The molecule has 1 saturated heterocycles. The van der Waals surface area contributed by atoms with Gasteiger partial charge >= 0.3 is 6.03 Å². The molecule has 1 heterocycles. The summed E-state index contributed by atoms with van der Waals surface area (Å²) in [6.45, 7) is -0.117. The van der Waals surface area contributed by atoms with Crippen LogP contribution in [0.25, 0.3) is 6.08 Å². The van der Waals surface area contributed by atoms with Crippen molar-refractivity contribution in [3.63, 3.8) is 0 Å². The van der Waals surface area contributed by atoms with Gasteiger partial charge in [0.25, 0.3) is 11.8 Å². The number of benzene rings is 2. The molecule has 0 aromatic heterocycles. The molecule has 8 heteroatoms. The van der Waals surface area contributed by atoms with Gasteiger partial charge in [-0.15, -0.1) is 0 Å². The standard InChI is InChI=1S/C19H15FN2O5/c1-27-16-9-12(4-7-15(16)23)8-14-17(24)21-19(26)22(18(14)25)10-11-2-5-13(20)6-3-11/h2-9,23H,10H2,1H3,(H,21,24,26)/b14-8-. The Morgan fingerprint density at radius 1 is 1.15 bits per heavy atom. The van der Waals surface area contributed by atoms with Crippen molar-refractivity contribution < 1.29 is 28.6 Å². The Morgan fingerprint density at radius 3 is 2.52 bits per heavy atom. The van der Waals surface area contributed by atoms with E-state index in [0.29, 0.717) is 11.1 Å². The molecule has 7 nitrogen and oxygen atoms in total. The van der Waals surface area contributed by atoms with Crippen LogP contribution in [0.5, 0.6) is 11.5 Å². The Balaban J connectivity index is 1.91. The quantitative estimate of drug-likeness (QED) is 0.635. The number of phenolic OH excluding ortho intramolecular Hbond substituents is 1. The Labute approximate surface area is 153 Å². The van der Waals surface area contributed by atoms with Gasteiger partial charge in [0.1, 0.15) is 11.4 Å². The second kappa shape index (κ2) is 7.28. The summed E-state index contributed by atoms with van der Waals surface area (Å²) in [7, 11) is 1.37. The summed E-state index contributed by atoms with van der Waals surface area (Å²) in [5.41, 5.74) is 0.712. The number of hydrogen-bond donors (Lipinski definition) is 2. The number of methoxy groups -OCH3 is 1. The molecule has 2 aromatic carbocycles. The average molecular weight is 370 g/mol. The summed E-state index contributed by atoms with van der Waals surface area (Å²) in [5, 5.41) is 11.7. The summed E-state index contributed by atoms with van der Waals surface area (Å²) in [5.74, 6) is -1.96. The van der Waals surface area contributed by atoms with Crippen molar-refractivity contribution in [1.29, 1.82) is 0 Å². The van der Waals surface area contributed by atoms with E-state index in [2.05, 4.69) is 5.32 Å². The van der Waals surface area contributed by atoms with Crippen LogP contribution >= 0.6 is 0 Å². The number of halogens is 1. The zero-order valence-corrected chi connectivity index (χ0v) is 14.2. The van der Waals surface area contributed by atoms with Gasteiger partial charge in [-0.1, -0.05) is 18.2 Å². The first-order chi connectivity index (χ1) is 12.9. The van der Waals surface area contributed by atoms with Gasteiger partial charge in [0.15, 0.2) is 11.5 Å². The number of rotatable bonds is 4. The number of amides is 4. The van der Waals surface area contributed by atoms with E-state index >= 15 is 0 Å². The van der Waals surface area contributed by atoms with Crippen molar-refractivity contribution in [3.05, 3.63) is 65.0 Å². The van der Waals surface area contributed by atoms with E-state index in [1.807, 2.05) is 0 Å². The molecule has 0 bridgehead atoms. The molecule has 3 rings (SSSR count). The highest BCUT2D eigenvalue weighted by molar-refractivity contribution is 6.30. The lowest BCUT2D eigenvalue weighted by Crippen LogP contribution is -2.53. The molecule has 0 unspecified atom stereocenters. The molecule has 138 valence electrons. The van der Waals surface area contributed by atoms with Crippen molar-refractivity contribution in [2.75, 3.05) is 7.11 Å². The van der Waals surface area contributed by atoms with Gasteiger partial charge in [-0.2, -0.15) is 0 Å². The Kier molecular flexibility index (Phi) is 4.89. The molecule has 2 N–H and O–H groups in total. The van der Waals surface area contributed by atoms with Gasteiger partial charge in [-0.25, -0.2) is 9.18 Å². The maximum Gasteiger partial charge on any atom is 0.331 e. The van der Waals surface area contributed by atoms with Gasteiger partial charge in [0.2, 0.25) is 0 Å². The monoisotopic (exact) mass is 370 g/mol. The molecule has 0 saturated carbocycles. The molecule has 1 aliphatic rings. The van der Waals surface area contributed by atoms with E-state index in [4.69, 9.17) is 4.74 Å². The number of hydrogen-bond acceptors (Lipinski definition) is 5. The number of carbonyl (C=O) groups is 3. The number of imide groups is 2. The average Bonchev–Trinajstić information content (AvgIpc) is 2.65. The van der Waals surface area contributed by atoms with Gasteiger partial charge in [-0.3, -0.25) is 19.8 Å². The van der Waals surface area contributed by atoms with E-state index in [-0.39, 0.29) is 23.6 Å². The summed E-state index contributed by atoms with van der Waals surface area (Å²) in [4.78, 5) is 37.7. The first kappa shape index (κ1) is 18.1. The zero-order valence-electron chi connectivity index (χ0n) is 14.2. The number of phenols is 1. The number of nitrogens with one attached hydrogen (secondary N) is 1. The maximum absolute atomic E-state index is 13.0. The molecular formula is C19H15FN2O5. The fourth-order valence-corrected chi connectivity index (χ4v) is 2.56. The molecule has 27 heavy (non-hydrogen) atoms. The topological polar surface area (TPSA) is 95.9 Å². The minimum absolute atomic E-state index is 0.0906. The van der Waals surface area contributed by atoms with Gasteiger partial charge in [0, 0.05) is 0 Å². The predicted octanol–water partition coefficient (Wildman–Crippen LogP) is 2.20. The number of ether oxygens (including phenoxy) is 1. The summed E-state index contributed by atoms with van der Waals surface area (Å²) in [6, 6.07) is 8.77. The molecule has 0 atom stereocenters. The highest BCUT2D eigenvalue weighted by atomic mass is 19.1. The van der Waals surface area contributed by atoms with E-state index in [9.17, 15) is 23.9 Å². The number of carbonyl (C=O) groups excluding carboxylic acids is 3. The van der Waals surface area contributed by atoms with E-state index in [0.717, 1.165) is 4.90 Å². The van der Waals surface area contributed by atoms with Crippen molar-refractivity contribution >= 4 is 23.9 Å². The minimum atomic E-state index is -0.852. The van der Waals surface area contributed by atoms with Crippen LogP contribution in [0.1, 0.15) is 11.1 Å². The molecule has 4 amide bonds. The predicted molar refractivity (Wildman–Crippen MR) is 93.1 cm³/mol. The molecule has 0 spiro atoms. The Bertz CT molecular complexity index is 953. The van der Waals surface area contributed by atoms with Crippen LogP contribution in [0.15, 0.2) is 48.0 Å². The lowest BCUT2D eigenvalue weighted by Gasteiger charge is -2.26. The second-order valence-corrected chi connectivity index (χ2v) is 5.77. The fraction of sp³-hybridized carbons (Fsp3) is 0.105. The molecule has 1 fully saturated rings. The van der Waals surface area contributed by atoms with Gasteiger partial charge in [0.05, 0.1) is 13.7 Å². The number of nitrogens with zero attached hydrogens (tertiary/aromatic N) is 1. The van der Waals surface area contributed by atoms with Crippen molar-refractivity contribution in [2.24, 2.45) is 0 Å². The van der Waals surface area contributed by atoms with Crippen LogP contribution in [0, 0.1) is 5.82 Å². The molecule has 0 aliphatic carbocycles. The smallest absolute Gasteiger partial charge is 0.331 e. The van der Waals surface area contributed by atoms with E-state index in [1.54, 1.807) is 0 Å². The van der Waals surface area contributed by atoms with Crippen LogP contribution in [0.2, 0.25) is 0 Å². The van der Waals surface area contributed by atoms with Crippen molar-refractivity contribution in [1.82, 2.24) is 10.2 Å². The van der Waals surface area contributed by atoms with Gasteiger partial charge < -0.3 is 9.84 Å². The second-order valence-electron chi connectivity index (χ2n) is 5.77. The molecule has 0 radical (unpaired) electrons. The maximum atomic E-state index is 13.0. The number of aromatic hydroxyl groups is 1. The van der Waals surface area contributed by atoms with Crippen molar-refractivity contribution in [2.45, 2.75) is 6.54 Å². The van der Waals surface area contributed by atoms with Gasteiger partial charge in [-0.05, 0) is 41.5 Å².